The normalized spacial score (nSPS) is 14.4. The van der Waals surface area contributed by atoms with Crippen LogP contribution >= 0.6 is 23.4 Å². The Labute approximate surface area is 250 Å². The van der Waals surface area contributed by atoms with E-state index in [-0.39, 0.29) is 11.5 Å². The van der Waals surface area contributed by atoms with Gasteiger partial charge in [0.15, 0.2) is 6.61 Å². The molecule has 206 valence electrons. The quantitative estimate of drug-likeness (QED) is 0.196. The van der Waals surface area contributed by atoms with Gasteiger partial charge in [0.2, 0.25) is 0 Å². The van der Waals surface area contributed by atoms with Crippen LogP contribution in [0.4, 0.5) is 15.8 Å². The fourth-order valence-corrected chi connectivity index (χ4v) is 6.85. The summed E-state index contributed by atoms with van der Waals surface area (Å²) < 4.78 is 20.3. The first-order valence-electron chi connectivity index (χ1n) is 13.4. The average Bonchev–Trinajstić information content (AvgIpc) is 3.40. The second-order valence-corrected chi connectivity index (χ2v) is 11.5. The van der Waals surface area contributed by atoms with E-state index in [1.807, 2.05) is 72.8 Å². The summed E-state index contributed by atoms with van der Waals surface area (Å²) in [7, 11) is 0. The lowest BCUT2D eigenvalue weighted by molar-refractivity contribution is -0.121. The van der Waals surface area contributed by atoms with Crippen molar-refractivity contribution in [2.75, 3.05) is 11.5 Å². The van der Waals surface area contributed by atoms with Crippen molar-refractivity contribution in [3.05, 3.63) is 124 Å². The van der Waals surface area contributed by atoms with Gasteiger partial charge in [-0.3, -0.25) is 9.69 Å². The number of nitrogens with zero attached hydrogens (tertiary/aromatic N) is 2. The minimum absolute atomic E-state index is 0.284. The van der Waals surface area contributed by atoms with E-state index in [1.165, 1.54) is 6.07 Å². The van der Waals surface area contributed by atoms with Gasteiger partial charge in [0.05, 0.1) is 33.2 Å². The number of pyridine rings is 1. The zero-order valence-electron chi connectivity index (χ0n) is 22.1. The van der Waals surface area contributed by atoms with Crippen LogP contribution in [0.5, 0.6) is 0 Å². The van der Waals surface area contributed by atoms with E-state index in [2.05, 4.69) is 0 Å². The molecule has 4 aromatic carbocycles. The van der Waals surface area contributed by atoms with Crippen molar-refractivity contribution in [3.63, 3.8) is 0 Å². The molecule has 0 radical (unpaired) electrons. The molecule has 2 heterocycles. The smallest absolute Gasteiger partial charge is 0.339 e. The number of hydrogen-bond acceptors (Lipinski definition) is 5. The molecule has 5 nitrogen and oxygen atoms in total. The van der Waals surface area contributed by atoms with Crippen molar-refractivity contribution in [3.8, 4) is 0 Å². The van der Waals surface area contributed by atoms with Crippen molar-refractivity contribution in [2.45, 2.75) is 22.6 Å². The number of carbonyl (C=O) groups is 2. The fraction of sp³-hybridized carbons (Fsp3) is 0.0882. The van der Waals surface area contributed by atoms with Crippen LogP contribution in [0.1, 0.15) is 33.6 Å². The predicted octanol–water partition coefficient (Wildman–Crippen LogP) is 8.50. The largest absolute Gasteiger partial charge is 0.452 e. The molecule has 0 bridgehead atoms. The van der Waals surface area contributed by atoms with Crippen molar-refractivity contribution >= 4 is 69.2 Å². The minimum Gasteiger partial charge on any atom is -0.452 e. The highest BCUT2D eigenvalue weighted by molar-refractivity contribution is 7.99. The molecule has 7 rings (SSSR count). The molecule has 2 aliphatic rings. The highest BCUT2D eigenvalue weighted by atomic mass is 35.5. The second-order valence-electron chi connectivity index (χ2n) is 9.98. The molecule has 8 heteroatoms. The molecule has 0 saturated heterocycles. The monoisotopic (exact) mass is 592 g/mol. The zero-order valence-corrected chi connectivity index (χ0v) is 23.7. The van der Waals surface area contributed by atoms with Gasteiger partial charge in [0.25, 0.3) is 5.91 Å². The Morgan fingerprint density at radius 1 is 0.905 bits per heavy atom. The summed E-state index contributed by atoms with van der Waals surface area (Å²) >= 11 is 7.89. The van der Waals surface area contributed by atoms with Crippen LogP contribution in [0.3, 0.4) is 0 Å². The molecule has 1 aromatic heterocycles. The van der Waals surface area contributed by atoms with Crippen LogP contribution in [0.2, 0.25) is 5.02 Å². The van der Waals surface area contributed by atoms with E-state index in [1.54, 1.807) is 34.9 Å². The lowest BCUT2D eigenvalue weighted by atomic mass is 10.0. The van der Waals surface area contributed by atoms with Gasteiger partial charge in [0.1, 0.15) is 5.82 Å². The lowest BCUT2D eigenvalue weighted by Gasteiger charge is -2.30. The van der Waals surface area contributed by atoms with Crippen LogP contribution in [-0.2, 0) is 16.0 Å². The summed E-state index contributed by atoms with van der Waals surface area (Å²) in [5.41, 5.74) is 4.88. The number of hydrogen-bond donors (Lipinski definition) is 0. The number of para-hydroxylation sites is 3. The number of rotatable bonds is 4. The van der Waals surface area contributed by atoms with Crippen LogP contribution in [0.15, 0.2) is 101 Å². The van der Waals surface area contributed by atoms with Crippen molar-refractivity contribution in [1.82, 2.24) is 4.98 Å². The standard InChI is InChI=1S/C34H22ClFN2O3S/c35-24-9-7-10-25(36)23(24)18-20-16-17-22-32(21-8-1-2-11-26(21)37-33(20)22)34(40)41-19-31(39)38-27-12-3-5-14-29(27)42-30-15-6-4-13-28(30)38/h1-15,18H,16-17,19H2. The van der Waals surface area contributed by atoms with E-state index in [0.717, 1.165) is 32.3 Å². The van der Waals surface area contributed by atoms with E-state index < -0.39 is 18.4 Å². The van der Waals surface area contributed by atoms with Crippen LogP contribution in [-0.4, -0.2) is 23.5 Å². The van der Waals surface area contributed by atoms with E-state index in [0.29, 0.717) is 40.0 Å². The third-order valence-corrected chi connectivity index (χ3v) is 8.93. The number of ether oxygens (including phenoxy) is 1. The van der Waals surface area contributed by atoms with Crippen LogP contribution < -0.4 is 4.90 Å². The Balaban J connectivity index is 1.23. The molecule has 0 unspecified atom stereocenters. The number of esters is 1. The summed E-state index contributed by atoms with van der Waals surface area (Å²) in [4.78, 5) is 35.7. The first-order valence-corrected chi connectivity index (χ1v) is 14.6. The molecule has 0 N–H and O–H groups in total. The van der Waals surface area contributed by atoms with Gasteiger partial charge >= 0.3 is 5.97 Å². The van der Waals surface area contributed by atoms with Gasteiger partial charge < -0.3 is 4.74 Å². The van der Waals surface area contributed by atoms with Gasteiger partial charge in [0, 0.05) is 20.7 Å². The maximum atomic E-state index is 14.6. The summed E-state index contributed by atoms with van der Waals surface area (Å²) in [5.74, 6) is -1.38. The van der Waals surface area contributed by atoms with E-state index in [9.17, 15) is 14.0 Å². The molecule has 0 saturated carbocycles. The highest BCUT2D eigenvalue weighted by Gasteiger charge is 2.31. The number of fused-ring (bicyclic) bond motifs is 4. The van der Waals surface area contributed by atoms with Crippen LogP contribution in [0.25, 0.3) is 22.6 Å². The molecule has 1 aliphatic carbocycles. The molecule has 1 aliphatic heterocycles. The Kier molecular flexibility index (Phi) is 6.76. The number of aromatic nitrogens is 1. The van der Waals surface area contributed by atoms with Crippen LogP contribution in [0, 0.1) is 5.82 Å². The van der Waals surface area contributed by atoms with Gasteiger partial charge in [-0.15, -0.1) is 0 Å². The Hall–Kier alpha value is -4.46. The van der Waals surface area contributed by atoms with Gasteiger partial charge in [-0.05, 0) is 72.5 Å². The Morgan fingerprint density at radius 3 is 2.33 bits per heavy atom. The lowest BCUT2D eigenvalue weighted by Crippen LogP contribution is -2.32. The van der Waals surface area contributed by atoms with Gasteiger partial charge in [-0.25, -0.2) is 14.2 Å². The highest BCUT2D eigenvalue weighted by Crippen LogP contribution is 2.48. The molecule has 0 fully saturated rings. The first kappa shape index (κ1) is 26.4. The number of halogens is 2. The second kappa shape index (κ2) is 10.7. The molecule has 1 amide bonds. The summed E-state index contributed by atoms with van der Waals surface area (Å²) in [6.45, 7) is -0.439. The molecular formula is C34H22ClFN2O3S. The molecule has 0 spiro atoms. The van der Waals surface area contributed by atoms with Crippen molar-refractivity contribution < 1.29 is 18.7 Å². The number of carbonyl (C=O) groups excluding carboxylic acids is 2. The van der Waals surface area contributed by atoms with Gasteiger partial charge in [-0.1, -0.05) is 71.9 Å². The Bertz CT molecular complexity index is 1890. The number of benzene rings is 4. The maximum Gasteiger partial charge on any atom is 0.339 e. The topological polar surface area (TPSA) is 59.5 Å². The molecule has 42 heavy (non-hydrogen) atoms. The predicted molar refractivity (Wildman–Crippen MR) is 164 cm³/mol. The molecular weight excluding hydrogens is 571 g/mol. The number of amides is 1. The fourth-order valence-electron chi connectivity index (χ4n) is 5.57. The first-order chi connectivity index (χ1) is 20.5. The average molecular weight is 593 g/mol. The maximum absolute atomic E-state index is 14.6. The summed E-state index contributed by atoms with van der Waals surface area (Å²) in [6.07, 6.45) is 2.78. The third-order valence-electron chi connectivity index (χ3n) is 7.47. The Morgan fingerprint density at radius 2 is 1.60 bits per heavy atom. The SMILES string of the molecule is O=C(OCC(=O)N1c2ccccc2Sc2ccccc21)c1c2c(nc3ccccc13)C(=Cc1c(F)cccc1Cl)CC2. The van der Waals surface area contributed by atoms with Gasteiger partial charge in [-0.2, -0.15) is 0 Å². The van der Waals surface area contributed by atoms with Crippen molar-refractivity contribution in [2.24, 2.45) is 0 Å². The van der Waals surface area contributed by atoms with E-state index >= 15 is 0 Å². The third kappa shape index (κ3) is 4.55. The van der Waals surface area contributed by atoms with Crippen molar-refractivity contribution in [1.29, 1.82) is 0 Å². The van der Waals surface area contributed by atoms with E-state index in [4.69, 9.17) is 21.3 Å². The number of allylic oxidation sites excluding steroid dienone is 1. The summed E-state index contributed by atoms with van der Waals surface area (Å²) in [6, 6.07) is 27.2. The molecule has 5 aromatic rings. The molecule has 0 atom stereocenters. The number of anilines is 2. The zero-order chi connectivity index (χ0) is 28.8. The minimum atomic E-state index is -0.601. The summed E-state index contributed by atoms with van der Waals surface area (Å²) in [5, 5.41) is 0.943.